The van der Waals surface area contributed by atoms with Crippen LogP contribution in [0.5, 0.6) is 0 Å². The van der Waals surface area contributed by atoms with Gasteiger partial charge in [-0.3, -0.25) is 4.40 Å². The monoisotopic (exact) mass is 410 g/mol. The molecule has 9 nitrogen and oxygen atoms in total. The van der Waals surface area contributed by atoms with Crippen LogP contribution < -0.4 is 9.62 Å². The molecular weight excluding hydrogens is 384 g/mol. The average molecular weight is 410 g/mol. The summed E-state index contributed by atoms with van der Waals surface area (Å²) in [6.07, 6.45) is 3.22. The number of nitrogens with zero attached hydrogens (tertiary/aromatic N) is 3. The summed E-state index contributed by atoms with van der Waals surface area (Å²) >= 11 is 0. The normalized spacial score (nSPS) is 25.1. The molecule has 0 amide bonds. The number of hydrogen-bond acceptors (Lipinski definition) is 7. The number of hydrogen-bond donors (Lipinski definition) is 2. The van der Waals surface area contributed by atoms with E-state index in [4.69, 9.17) is 9.47 Å². The van der Waals surface area contributed by atoms with Gasteiger partial charge in [0.25, 0.3) is 0 Å². The van der Waals surface area contributed by atoms with Crippen LogP contribution in [0.25, 0.3) is 5.52 Å². The van der Waals surface area contributed by atoms with Crippen LogP contribution in [0.3, 0.4) is 0 Å². The summed E-state index contributed by atoms with van der Waals surface area (Å²) in [5, 5.41) is 9.64. The largest absolute Gasteiger partial charge is 0.388 e. The highest BCUT2D eigenvalue weighted by Crippen LogP contribution is 2.30. The van der Waals surface area contributed by atoms with Crippen molar-refractivity contribution in [1.29, 1.82) is 0 Å². The Kier molecular flexibility index (Phi) is 4.87. The van der Waals surface area contributed by atoms with Gasteiger partial charge in [-0.1, -0.05) is 0 Å². The van der Waals surface area contributed by atoms with E-state index in [2.05, 4.69) is 14.6 Å². The van der Waals surface area contributed by atoms with Crippen LogP contribution in [-0.4, -0.2) is 67.0 Å². The molecule has 0 spiro atoms. The molecule has 2 aromatic rings. The van der Waals surface area contributed by atoms with E-state index in [1.165, 1.54) is 6.20 Å². The molecule has 154 valence electrons. The number of morpholine rings is 1. The fraction of sp³-hybridized carbons (Fsp3) is 0.611. The maximum atomic E-state index is 13.1. The van der Waals surface area contributed by atoms with Gasteiger partial charge >= 0.3 is 0 Å². The molecule has 0 aromatic carbocycles. The van der Waals surface area contributed by atoms with Gasteiger partial charge in [0.05, 0.1) is 48.4 Å². The van der Waals surface area contributed by atoms with Crippen molar-refractivity contribution in [2.24, 2.45) is 0 Å². The standard InChI is InChI=1S/C18H26N4O5S/c1-12-6-21(7-13(2)27-12)15-4-14(8-22-16(15)5-19-17(22)9-23)28(24,25)20-18(3)10-26-11-18/h4-5,8,12-13,20,23H,6-7,9-11H2,1-3H3/t12-,13-/m0/s1. The Balaban J connectivity index is 1.81. The Morgan fingerprint density at radius 3 is 2.57 bits per heavy atom. The second-order valence-corrected chi connectivity index (χ2v) is 9.65. The van der Waals surface area contributed by atoms with Crippen molar-refractivity contribution in [3.63, 3.8) is 0 Å². The van der Waals surface area contributed by atoms with Crippen LogP contribution in [0.15, 0.2) is 23.4 Å². The number of sulfonamides is 1. The number of anilines is 1. The van der Waals surface area contributed by atoms with E-state index in [0.717, 1.165) is 11.2 Å². The molecule has 0 saturated carbocycles. The Labute approximate surface area is 164 Å². The summed E-state index contributed by atoms with van der Waals surface area (Å²) in [6.45, 7) is 7.48. The van der Waals surface area contributed by atoms with E-state index in [1.54, 1.807) is 16.7 Å². The second-order valence-electron chi connectivity index (χ2n) is 7.97. The molecule has 2 saturated heterocycles. The number of imidazole rings is 1. The molecule has 2 atom stereocenters. The van der Waals surface area contributed by atoms with Gasteiger partial charge in [0.2, 0.25) is 10.0 Å². The van der Waals surface area contributed by atoms with E-state index in [-0.39, 0.29) is 23.7 Å². The number of aliphatic hydroxyl groups is 1. The highest BCUT2D eigenvalue weighted by molar-refractivity contribution is 7.89. The highest BCUT2D eigenvalue weighted by Gasteiger charge is 2.38. The summed E-state index contributed by atoms with van der Waals surface area (Å²) in [7, 11) is -3.78. The Hall–Kier alpha value is -1.72. The van der Waals surface area contributed by atoms with Gasteiger partial charge in [0.15, 0.2) is 0 Å². The van der Waals surface area contributed by atoms with Crippen molar-refractivity contribution >= 4 is 21.2 Å². The quantitative estimate of drug-likeness (QED) is 0.740. The van der Waals surface area contributed by atoms with Crippen LogP contribution in [0.1, 0.15) is 26.6 Å². The number of aliphatic hydroxyl groups excluding tert-OH is 1. The van der Waals surface area contributed by atoms with E-state index in [1.807, 2.05) is 20.8 Å². The minimum absolute atomic E-state index is 0.0217. The predicted molar refractivity (Wildman–Crippen MR) is 103 cm³/mol. The van der Waals surface area contributed by atoms with Gasteiger partial charge < -0.3 is 19.5 Å². The number of ether oxygens (including phenoxy) is 2. The molecule has 0 aliphatic carbocycles. The molecule has 0 unspecified atom stereocenters. The molecule has 10 heteroatoms. The molecule has 0 bridgehead atoms. The molecule has 0 radical (unpaired) electrons. The molecule has 28 heavy (non-hydrogen) atoms. The number of fused-ring (bicyclic) bond motifs is 1. The summed E-state index contributed by atoms with van der Waals surface area (Å²) in [5.74, 6) is 0.390. The first-order valence-corrected chi connectivity index (χ1v) is 10.8. The van der Waals surface area contributed by atoms with Gasteiger partial charge in [0.1, 0.15) is 17.3 Å². The van der Waals surface area contributed by atoms with Crippen LogP contribution in [0.2, 0.25) is 0 Å². The third-order valence-electron chi connectivity index (χ3n) is 5.11. The molecule has 4 heterocycles. The van der Waals surface area contributed by atoms with Crippen molar-refractivity contribution in [3.8, 4) is 0 Å². The molecule has 2 aliphatic heterocycles. The van der Waals surface area contributed by atoms with Crippen LogP contribution in [0, 0.1) is 0 Å². The fourth-order valence-corrected chi connectivity index (χ4v) is 5.24. The van der Waals surface area contributed by atoms with Crippen molar-refractivity contribution in [2.45, 2.75) is 50.0 Å². The topological polar surface area (TPSA) is 105 Å². The van der Waals surface area contributed by atoms with Gasteiger partial charge in [-0.2, -0.15) is 0 Å². The van der Waals surface area contributed by atoms with Gasteiger partial charge in [-0.25, -0.2) is 18.1 Å². The lowest BCUT2D eigenvalue weighted by molar-refractivity contribution is -0.0523. The molecule has 2 fully saturated rings. The molecular formula is C18H26N4O5S. The molecule has 4 rings (SSSR count). The third-order valence-corrected chi connectivity index (χ3v) is 6.71. The lowest BCUT2D eigenvalue weighted by atomic mass is 10.0. The zero-order valence-electron chi connectivity index (χ0n) is 16.3. The lowest BCUT2D eigenvalue weighted by Crippen LogP contribution is -2.59. The average Bonchev–Trinajstić information content (AvgIpc) is 3.01. The molecule has 2 aromatic heterocycles. The minimum atomic E-state index is -3.78. The number of rotatable bonds is 5. The predicted octanol–water partition coefficient (Wildman–Crippen LogP) is 0.507. The van der Waals surface area contributed by atoms with Crippen LogP contribution >= 0.6 is 0 Å². The zero-order valence-corrected chi connectivity index (χ0v) is 17.1. The summed E-state index contributed by atoms with van der Waals surface area (Å²) < 4.78 is 41.5. The van der Waals surface area contributed by atoms with E-state index >= 15 is 0 Å². The first-order chi connectivity index (χ1) is 13.2. The summed E-state index contributed by atoms with van der Waals surface area (Å²) in [6, 6.07) is 1.67. The maximum absolute atomic E-state index is 13.1. The number of pyridine rings is 1. The van der Waals surface area contributed by atoms with Crippen LogP contribution in [-0.2, 0) is 26.1 Å². The zero-order chi connectivity index (χ0) is 20.1. The van der Waals surface area contributed by atoms with E-state index in [9.17, 15) is 13.5 Å². The Morgan fingerprint density at radius 2 is 2.00 bits per heavy atom. The maximum Gasteiger partial charge on any atom is 0.242 e. The fourth-order valence-electron chi connectivity index (χ4n) is 3.85. The number of nitrogens with one attached hydrogen (secondary N) is 1. The highest BCUT2D eigenvalue weighted by atomic mass is 32.2. The van der Waals surface area contributed by atoms with E-state index in [0.29, 0.717) is 32.1 Å². The summed E-state index contributed by atoms with van der Waals surface area (Å²) in [5.41, 5.74) is 0.902. The Morgan fingerprint density at radius 1 is 1.32 bits per heavy atom. The third kappa shape index (κ3) is 3.50. The number of aromatic nitrogens is 2. The van der Waals surface area contributed by atoms with Crippen LogP contribution in [0.4, 0.5) is 5.69 Å². The molecule has 2 N–H and O–H groups in total. The molecule has 2 aliphatic rings. The first kappa shape index (κ1) is 19.6. The SMILES string of the molecule is C[C@H]1CN(c2cc(S(=O)(=O)NC3(C)COC3)cn3c(CO)ncc23)C[C@H](C)O1. The van der Waals surface area contributed by atoms with E-state index < -0.39 is 15.6 Å². The second kappa shape index (κ2) is 6.96. The van der Waals surface area contributed by atoms with Crippen molar-refractivity contribution in [2.75, 3.05) is 31.2 Å². The van der Waals surface area contributed by atoms with Crippen molar-refractivity contribution < 1.29 is 23.0 Å². The first-order valence-electron chi connectivity index (χ1n) is 9.34. The van der Waals surface area contributed by atoms with Crippen molar-refractivity contribution in [1.82, 2.24) is 14.1 Å². The minimum Gasteiger partial charge on any atom is -0.388 e. The smallest absolute Gasteiger partial charge is 0.242 e. The van der Waals surface area contributed by atoms with Gasteiger partial charge in [0, 0.05) is 19.3 Å². The Bertz CT molecular complexity index is 975. The lowest BCUT2D eigenvalue weighted by Gasteiger charge is -2.38. The van der Waals surface area contributed by atoms with Gasteiger partial charge in [-0.05, 0) is 26.8 Å². The summed E-state index contributed by atoms with van der Waals surface area (Å²) in [4.78, 5) is 6.49. The van der Waals surface area contributed by atoms with Crippen molar-refractivity contribution in [3.05, 3.63) is 24.3 Å². The van der Waals surface area contributed by atoms with Gasteiger partial charge in [-0.15, -0.1) is 0 Å².